The van der Waals surface area contributed by atoms with Gasteiger partial charge in [-0.1, -0.05) is 6.07 Å². The first-order chi connectivity index (χ1) is 15.4. The number of carbonyl (C=O) groups excluding carboxylic acids is 2. The number of hydrogen-bond donors (Lipinski definition) is 1. The van der Waals surface area contributed by atoms with E-state index in [-0.39, 0.29) is 18.5 Å². The molecule has 1 aromatic heterocycles. The van der Waals surface area contributed by atoms with Gasteiger partial charge >= 0.3 is 5.97 Å². The lowest BCUT2D eigenvalue weighted by Crippen LogP contribution is -2.61. The van der Waals surface area contributed by atoms with Crippen LogP contribution in [0, 0.1) is 13.8 Å². The molecule has 0 aliphatic carbocycles. The van der Waals surface area contributed by atoms with Gasteiger partial charge in [0.15, 0.2) is 0 Å². The molecule has 3 aliphatic rings. The van der Waals surface area contributed by atoms with Crippen molar-refractivity contribution >= 4 is 28.5 Å². The zero-order chi connectivity index (χ0) is 22.5. The van der Waals surface area contributed by atoms with Crippen LogP contribution in [-0.2, 0) is 20.9 Å². The van der Waals surface area contributed by atoms with Gasteiger partial charge in [0.25, 0.3) is 5.91 Å². The number of hydrogen-bond acceptors (Lipinski definition) is 9. The highest BCUT2D eigenvalue weighted by Gasteiger charge is 2.48. The fraction of sp³-hybridized carbons (Fsp3) is 0.545. The summed E-state index contributed by atoms with van der Waals surface area (Å²) in [5, 5.41) is 11.5. The number of likely N-dealkylation sites (tertiary alicyclic amines) is 1. The molecule has 1 amide bonds. The Morgan fingerprint density at radius 2 is 2.00 bits per heavy atom. The molecule has 1 atom stereocenters. The average molecular weight is 459 g/mol. The molecule has 170 valence electrons. The van der Waals surface area contributed by atoms with Crippen LogP contribution in [0.15, 0.2) is 12.1 Å². The molecule has 10 heteroatoms. The van der Waals surface area contributed by atoms with Crippen LogP contribution in [0.5, 0.6) is 0 Å². The van der Waals surface area contributed by atoms with Crippen molar-refractivity contribution in [2.75, 3.05) is 37.7 Å². The van der Waals surface area contributed by atoms with Crippen LogP contribution in [0.25, 0.3) is 0 Å². The van der Waals surface area contributed by atoms with Gasteiger partial charge in [-0.25, -0.2) is 9.78 Å². The molecule has 32 heavy (non-hydrogen) atoms. The molecular weight excluding hydrogens is 432 g/mol. The first kappa shape index (κ1) is 21.4. The van der Waals surface area contributed by atoms with Gasteiger partial charge in [-0.05, 0) is 43.9 Å². The lowest BCUT2D eigenvalue weighted by molar-refractivity contribution is -0.158. The molecular formula is C22H26N4O5S. The Labute approximate surface area is 190 Å². The molecule has 1 unspecified atom stereocenters. The predicted octanol–water partition coefficient (Wildman–Crippen LogP) is 1.76. The number of morpholine rings is 1. The number of aliphatic hydroxyl groups is 1. The maximum Gasteiger partial charge on any atom is 0.338 e. The fourth-order valence-electron chi connectivity index (χ4n) is 4.85. The van der Waals surface area contributed by atoms with E-state index >= 15 is 0 Å². The van der Waals surface area contributed by atoms with Crippen molar-refractivity contribution in [2.45, 2.75) is 45.0 Å². The van der Waals surface area contributed by atoms with Crippen LogP contribution in [0.3, 0.4) is 0 Å². The van der Waals surface area contributed by atoms with E-state index < -0.39 is 11.7 Å². The molecule has 4 heterocycles. The second kappa shape index (κ2) is 8.18. The molecule has 2 saturated heterocycles. The third-order valence-electron chi connectivity index (χ3n) is 6.74. The highest BCUT2D eigenvalue weighted by atomic mass is 32.1. The van der Waals surface area contributed by atoms with E-state index in [1.807, 2.05) is 19.9 Å². The number of piperidine rings is 1. The van der Waals surface area contributed by atoms with Crippen LogP contribution >= 0.6 is 11.5 Å². The number of benzene rings is 1. The fourth-order valence-corrected chi connectivity index (χ4v) is 5.55. The quantitative estimate of drug-likeness (QED) is 0.691. The second-order valence-electron chi connectivity index (χ2n) is 8.62. The lowest BCUT2D eigenvalue weighted by atomic mass is 9.88. The summed E-state index contributed by atoms with van der Waals surface area (Å²) in [6.45, 7) is 6.72. The van der Waals surface area contributed by atoms with E-state index in [4.69, 9.17) is 9.47 Å². The summed E-state index contributed by atoms with van der Waals surface area (Å²) < 4.78 is 15.3. The molecule has 9 nitrogen and oxygen atoms in total. The first-order valence-corrected chi connectivity index (χ1v) is 11.6. The predicted molar refractivity (Wildman–Crippen MR) is 117 cm³/mol. The van der Waals surface area contributed by atoms with Gasteiger partial charge in [0, 0.05) is 36.7 Å². The van der Waals surface area contributed by atoms with E-state index in [1.54, 1.807) is 11.0 Å². The van der Waals surface area contributed by atoms with Gasteiger partial charge in [0.1, 0.15) is 18.0 Å². The van der Waals surface area contributed by atoms with Crippen LogP contribution in [0.2, 0.25) is 0 Å². The minimum atomic E-state index is -0.833. The molecule has 5 rings (SSSR count). The summed E-state index contributed by atoms with van der Waals surface area (Å²) in [6.07, 6.45) is 0.449. The largest absolute Gasteiger partial charge is 0.457 e. The van der Waals surface area contributed by atoms with Gasteiger partial charge in [0.05, 0.1) is 24.8 Å². The van der Waals surface area contributed by atoms with Gasteiger partial charge in [-0.2, -0.15) is 4.37 Å². The smallest absolute Gasteiger partial charge is 0.338 e. The number of aliphatic hydroxyl groups excluding tert-OH is 1. The minimum Gasteiger partial charge on any atom is -0.457 e. The van der Waals surface area contributed by atoms with E-state index in [2.05, 4.69) is 14.3 Å². The summed E-state index contributed by atoms with van der Waals surface area (Å²) in [5.74, 6) is 0.319. The summed E-state index contributed by atoms with van der Waals surface area (Å²) in [7, 11) is 0. The Kier molecular flexibility index (Phi) is 5.48. The summed E-state index contributed by atoms with van der Waals surface area (Å²) in [4.78, 5) is 33.3. The molecule has 2 fully saturated rings. The molecule has 0 radical (unpaired) electrons. The van der Waals surface area contributed by atoms with Crippen LogP contribution in [0.1, 0.15) is 51.8 Å². The number of β-amino-alcohol motifs (C(OH)–C–C–N with tert-alkyl or cyclic N) is 1. The third-order valence-corrected chi connectivity index (χ3v) is 7.57. The van der Waals surface area contributed by atoms with E-state index in [1.165, 1.54) is 11.5 Å². The molecule has 1 aromatic carbocycles. The van der Waals surface area contributed by atoms with Crippen LogP contribution in [-0.4, -0.2) is 69.6 Å². The van der Waals surface area contributed by atoms with Crippen molar-refractivity contribution < 1.29 is 24.2 Å². The SMILES string of the molecule is Cc1nsc(N2CCOC3(CCN(CC(O)c4ccc5c(c4C)COC5=O)CC3)C2=O)n1. The van der Waals surface area contributed by atoms with E-state index in [9.17, 15) is 14.7 Å². The highest BCUT2D eigenvalue weighted by Crippen LogP contribution is 2.35. The zero-order valence-electron chi connectivity index (χ0n) is 18.2. The van der Waals surface area contributed by atoms with Crippen molar-refractivity contribution in [1.82, 2.24) is 14.3 Å². The minimum absolute atomic E-state index is 0.0424. The summed E-state index contributed by atoms with van der Waals surface area (Å²) in [5.41, 5.74) is 2.33. The summed E-state index contributed by atoms with van der Waals surface area (Å²) >= 11 is 1.24. The number of aromatic nitrogens is 2. The highest BCUT2D eigenvalue weighted by molar-refractivity contribution is 7.09. The normalized spacial score (nSPS) is 21.7. The summed E-state index contributed by atoms with van der Waals surface area (Å²) in [6, 6.07) is 3.55. The Morgan fingerprint density at radius 1 is 1.22 bits per heavy atom. The van der Waals surface area contributed by atoms with Crippen molar-refractivity contribution in [1.29, 1.82) is 0 Å². The number of rotatable bonds is 4. The number of esters is 1. The standard InChI is InChI=1S/C22H26N4O5S/c1-13-15(3-4-16-17(13)12-30-19(16)28)18(27)11-25-7-5-22(6-8-25)20(29)26(9-10-31-22)21-23-14(2)24-32-21/h3-4,18,27H,5-12H2,1-2H3. The van der Waals surface area contributed by atoms with Gasteiger partial charge in [-0.15, -0.1) is 0 Å². The van der Waals surface area contributed by atoms with Gasteiger partial charge in [-0.3, -0.25) is 9.69 Å². The van der Waals surface area contributed by atoms with Crippen molar-refractivity contribution in [3.05, 3.63) is 40.2 Å². The van der Waals surface area contributed by atoms with Crippen LogP contribution in [0.4, 0.5) is 5.13 Å². The Morgan fingerprint density at radius 3 is 2.72 bits per heavy atom. The monoisotopic (exact) mass is 458 g/mol. The molecule has 3 aliphatic heterocycles. The number of carbonyl (C=O) groups is 2. The van der Waals surface area contributed by atoms with Gasteiger partial charge in [0.2, 0.25) is 5.13 Å². The molecule has 1 spiro atoms. The molecule has 0 bridgehead atoms. The molecule has 0 saturated carbocycles. The lowest BCUT2D eigenvalue weighted by Gasteiger charge is -2.45. The number of nitrogens with zero attached hydrogens (tertiary/aromatic N) is 4. The number of ether oxygens (including phenoxy) is 2. The maximum absolute atomic E-state index is 13.3. The Balaban J connectivity index is 1.24. The maximum atomic E-state index is 13.3. The average Bonchev–Trinajstić information content (AvgIpc) is 3.38. The van der Waals surface area contributed by atoms with E-state index in [0.717, 1.165) is 16.7 Å². The Bertz CT molecular complexity index is 1060. The number of anilines is 1. The first-order valence-electron chi connectivity index (χ1n) is 10.8. The number of cyclic esters (lactones) is 1. The molecule has 2 aromatic rings. The zero-order valence-corrected chi connectivity index (χ0v) is 19.0. The topological polar surface area (TPSA) is 105 Å². The van der Waals surface area contributed by atoms with Crippen molar-refractivity contribution in [3.63, 3.8) is 0 Å². The number of fused-ring (bicyclic) bond motifs is 1. The van der Waals surface area contributed by atoms with Gasteiger partial charge < -0.3 is 19.5 Å². The number of aryl methyl sites for hydroxylation is 1. The van der Waals surface area contributed by atoms with Crippen molar-refractivity contribution in [3.8, 4) is 0 Å². The van der Waals surface area contributed by atoms with Crippen LogP contribution < -0.4 is 4.90 Å². The third kappa shape index (κ3) is 3.61. The number of amides is 1. The molecule has 1 N–H and O–H groups in total. The Hall–Kier alpha value is -2.40. The second-order valence-corrected chi connectivity index (χ2v) is 9.35. The van der Waals surface area contributed by atoms with Crippen molar-refractivity contribution in [2.24, 2.45) is 0 Å². The van der Waals surface area contributed by atoms with E-state index in [0.29, 0.717) is 62.1 Å².